The third kappa shape index (κ3) is 6.97. The maximum absolute atomic E-state index is 13.2. The van der Waals surface area contributed by atoms with Gasteiger partial charge in [0.05, 0.1) is 56.3 Å². The molecule has 3 rings (SSSR count). The summed E-state index contributed by atoms with van der Waals surface area (Å²) in [6.07, 6.45) is -6.47. The van der Waals surface area contributed by atoms with Crippen LogP contribution in [0.4, 0.5) is 0 Å². The minimum Gasteiger partial charge on any atom is -0.466 e. The number of ether oxygens (including phenoxy) is 4. The number of carbonyl (C=O) groups excluding carboxylic acids is 2. The first-order chi connectivity index (χ1) is 18.7. The Morgan fingerprint density at radius 3 is 2.46 bits per heavy atom. The normalized spacial score (nSPS) is 27.3. The van der Waals surface area contributed by atoms with Crippen molar-refractivity contribution in [2.75, 3.05) is 40.1 Å². The predicted molar refractivity (Wildman–Crippen MR) is 138 cm³/mol. The molecule has 1 saturated heterocycles. The fourth-order valence-corrected chi connectivity index (χ4v) is 4.82. The fourth-order valence-electron chi connectivity index (χ4n) is 4.58. The number of aliphatic hydroxyl groups excluding tert-OH is 4. The van der Waals surface area contributed by atoms with Crippen molar-refractivity contribution in [3.63, 3.8) is 0 Å². The number of esters is 2. The van der Waals surface area contributed by atoms with Crippen LogP contribution < -0.4 is 10.6 Å². The van der Waals surface area contributed by atoms with Crippen LogP contribution in [-0.2, 0) is 28.5 Å². The summed E-state index contributed by atoms with van der Waals surface area (Å²) >= 11 is 6.49. The molecule has 1 fully saturated rings. The highest BCUT2D eigenvalue weighted by Crippen LogP contribution is 2.41. The van der Waals surface area contributed by atoms with Gasteiger partial charge in [0.2, 0.25) is 0 Å². The number of nitrogens with one attached hydrogen (secondary N) is 2. The molecule has 6 atom stereocenters. The minimum atomic E-state index is -1.50. The molecule has 6 N–H and O–H groups in total. The number of aliphatic hydroxyl groups is 4. The quantitative estimate of drug-likeness (QED) is 0.151. The second-order valence-corrected chi connectivity index (χ2v) is 9.39. The van der Waals surface area contributed by atoms with Gasteiger partial charge < -0.3 is 44.7 Å². The van der Waals surface area contributed by atoms with E-state index in [0.29, 0.717) is 22.0 Å². The Morgan fingerprint density at radius 2 is 1.82 bits per heavy atom. The molecule has 0 saturated carbocycles. The largest absolute Gasteiger partial charge is 0.466 e. The molecule has 1 aromatic rings. The SMILES string of the molecule is CCOC(=O)C1=C(COCCN[C@H]2O[C@H](CO)[C@H](O)[C@H](O)[C@H]2O)NC(C)=C(C(=O)OC)[C@@H]1c1ccccc1Cl. The van der Waals surface area contributed by atoms with Crippen LogP contribution in [0.1, 0.15) is 25.3 Å². The Bertz CT molecular complexity index is 1090. The smallest absolute Gasteiger partial charge is 0.336 e. The molecular weight excluding hydrogens is 536 g/mol. The van der Waals surface area contributed by atoms with Crippen LogP contribution >= 0.6 is 11.6 Å². The van der Waals surface area contributed by atoms with E-state index in [1.54, 1.807) is 38.1 Å². The van der Waals surface area contributed by atoms with Crippen LogP contribution in [0.3, 0.4) is 0 Å². The molecule has 0 bridgehead atoms. The van der Waals surface area contributed by atoms with Crippen molar-refractivity contribution in [3.8, 4) is 0 Å². The van der Waals surface area contributed by atoms with Crippen LogP contribution in [0, 0.1) is 0 Å². The number of dihydropyridines is 1. The van der Waals surface area contributed by atoms with Gasteiger partial charge in [0.1, 0.15) is 30.6 Å². The van der Waals surface area contributed by atoms with Crippen molar-refractivity contribution in [3.05, 3.63) is 57.4 Å². The van der Waals surface area contributed by atoms with Gasteiger partial charge in [-0.3, -0.25) is 5.32 Å². The van der Waals surface area contributed by atoms with Crippen LogP contribution in [0.5, 0.6) is 0 Å². The van der Waals surface area contributed by atoms with Gasteiger partial charge in [-0.2, -0.15) is 0 Å². The molecule has 13 heteroatoms. The summed E-state index contributed by atoms with van der Waals surface area (Å²) in [7, 11) is 1.25. The molecule has 2 aliphatic heterocycles. The molecule has 0 amide bonds. The third-order valence-corrected chi connectivity index (χ3v) is 6.84. The average molecular weight is 571 g/mol. The summed E-state index contributed by atoms with van der Waals surface area (Å²) in [5, 5.41) is 45.6. The molecule has 2 aliphatic rings. The van der Waals surface area contributed by atoms with E-state index in [-0.39, 0.29) is 37.5 Å². The summed E-state index contributed by atoms with van der Waals surface area (Å²) < 4.78 is 21.5. The van der Waals surface area contributed by atoms with E-state index in [1.165, 1.54) is 7.11 Å². The maximum atomic E-state index is 13.2. The molecule has 2 heterocycles. The van der Waals surface area contributed by atoms with Crippen LogP contribution in [0.2, 0.25) is 5.02 Å². The molecule has 0 unspecified atom stereocenters. The zero-order valence-electron chi connectivity index (χ0n) is 21.9. The first kappa shape index (κ1) is 31.0. The van der Waals surface area contributed by atoms with Crippen molar-refractivity contribution < 1.29 is 49.0 Å². The van der Waals surface area contributed by atoms with Gasteiger partial charge in [0.15, 0.2) is 0 Å². The van der Waals surface area contributed by atoms with Crippen molar-refractivity contribution in [1.82, 2.24) is 10.6 Å². The number of rotatable bonds is 11. The molecule has 12 nitrogen and oxygen atoms in total. The van der Waals surface area contributed by atoms with Gasteiger partial charge in [-0.25, -0.2) is 9.59 Å². The zero-order chi connectivity index (χ0) is 28.7. The van der Waals surface area contributed by atoms with Crippen molar-refractivity contribution >= 4 is 23.5 Å². The number of methoxy groups -OCH3 is 1. The van der Waals surface area contributed by atoms with E-state index in [1.807, 2.05) is 0 Å². The maximum Gasteiger partial charge on any atom is 0.336 e. The summed E-state index contributed by atoms with van der Waals surface area (Å²) in [5.41, 5.74) is 1.71. The molecular formula is C26H35ClN2O10. The molecule has 0 aliphatic carbocycles. The van der Waals surface area contributed by atoms with Crippen LogP contribution in [0.15, 0.2) is 46.8 Å². The number of benzene rings is 1. The highest BCUT2D eigenvalue weighted by Gasteiger charge is 2.43. The first-order valence-corrected chi connectivity index (χ1v) is 12.9. The van der Waals surface area contributed by atoms with Gasteiger partial charge in [0.25, 0.3) is 0 Å². The second-order valence-electron chi connectivity index (χ2n) is 8.98. The van der Waals surface area contributed by atoms with Gasteiger partial charge in [0, 0.05) is 17.3 Å². The van der Waals surface area contributed by atoms with E-state index in [9.17, 15) is 30.0 Å². The summed E-state index contributed by atoms with van der Waals surface area (Å²) in [6, 6.07) is 6.86. The second kappa shape index (κ2) is 14.2. The number of allylic oxidation sites excluding steroid dienone is 1. The van der Waals surface area contributed by atoms with Gasteiger partial charge >= 0.3 is 11.9 Å². The van der Waals surface area contributed by atoms with Gasteiger partial charge in [-0.15, -0.1) is 0 Å². The molecule has 1 aromatic carbocycles. The van der Waals surface area contributed by atoms with E-state index in [2.05, 4.69) is 10.6 Å². The minimum absolute atomic E-state index is 0.0722. The lowest BCUT2D eigenvalue weighted by Gasteiger charge is -2.40. The predicted octanol–water partition coefficient (Wildman–Crippen LogP) is -0.303. The summed E-state index contributed by atoms with van der Waals surface area (Å²) in [6.45, 7) is 3.08. The third-order valence-electron chi connectivity index (χ3n) is 6.49. The Kier molecular flexibility index (Phi) is 11.3. The molecule has 39 heavy (non-hydrogen) atoms. The van der Waals surface area contributed by atoms with Crippen molar-refractivity contribution in [2.24, 2.45) is 0 Å². The monoisotopic (exact) mass is 570 g/mol. The fraction of sp³-hybridized carbons (Fsp3) is 0.538. The number of hydrogen-bond donors (Lipinski definition) is 6. The standard InChI is InChI=1S/C26H35ClN2O10/c1-4-38-26(35)20-16(12-37-10-9-28-24-23(33)22(32)21(31)17(11-30)39-24)29-13(2)18(25(34)36-3)19(20)14-7-5-6-8-15(14)27/h5-8,17,19,21-24,28-33H,4,9-12H2,1-3H3/t17-,19+,21+,22+,23-,24+/m1/s1. The topological polar surface area (TPSA) is 176 Å². The lowest BCUT2D eigenvalue weighted by molar-refractivity contribution is -0.236. The van der Waals surface area contributed by atoms with E-state index >= 15 is 0 Å². The van der Waals surface area contributed by atoms with E-state index in [0.717, 1.165) is 0 Å². The zero-order valence-corrected chi connectivity index (χ0v) is 22.7. The van der Waals surface area contributed by atoms with Gasteiger partial charge in [-0.1, -0.05) is 29.8 Å². The van der Waals surface area contributed by atoms with E-state index in [4.69, 9.17) is 30.5 Å². The lowest BCUT2D eigenvalue weighted by atomic mass is 9.80. The summed E-state index contributed by atoms with van der Waals surface area (Å²) in [4.78, 5) is 26.0. The van der Waals surface area contributed by atoms with Crippen LogP contribution in [0.25, 0.3) is 0 Å². The Labute approximate surface area is 231 Å². The highest BCUT2D eigenvalue weighted by molar-refractivity contribution is 6.31. The number of halogens is 1. The highest BCUT2D eigenvalue weighted by atomic mass is 35.5. The lowest BCUT2D eigenvalue weighted by Crippen LogP contribution is -2.62. The first-order valence-electron chi connectivity index (χ1n) is 12.5. The average Bonchev–Trinajstić information content (AvgIpc) is 2.92. The molecule has 216 valence electrons. The van der Waals surface area contributed by atoms with E-state index < -0.39 is 55.1 Å². The van der Waals surface area contributed by atoms with Gasteiger partial charge in [-0.05, 0) is 25.5 Å². The Balaban J connectivity index is 1.80. The number of hydrogen-bond acceptors (Lipinski definition) is 12. The van der Waals surface area contributed by atoms with Crippen LogP contribution in [-0.4, -0.2) is 103 Å². The Morgan fingerprint density at radius 1 is 1.10 bits per heavy atom. The molecule has 0 aromatic heterocycles. The Hall–Kier alpha value is -2.55. The summed E-state index contributed by atoms with van der Waals surface area (Å²) in [5.74, 6) is -2.16. The number of carbonyl (C=O) groups is 2. The molecule has 0 radical (unpaired) electrons. The van der Waals surface area contributed by atoms with Crippen molar-refractivity contribution in [1.29, 1.82) is 0 Å². The van der Waals surface area contributed by atoms with Crippen molar-refractivity contribution in [2.45, 2.75) is 50.4 Å². The molecule has 0 spiro atoms.